The van der Waals surface area contributed by atoms with Gasteiger partial charge in [0.1, 0.15) is 0 Å². The summed E-state index contributed by atoms with van der Waals surface area (Å²) in [6.45, 7) is 2.34. The van der Waals surface area contributed by atoms with Crippen molar-refractivity contribution >= 4 is 22.6 Å². The molecule has 0 amide bonds. The van der Waals surface area contributed by atoms with Crippen LogP contribution in [0.3, 0.4) is 0 Å². The summed E-state index contributed by atoms with van der Waals surface area (Å²) in [4.78, 5) is 0. The molecule has 4 unspecified atom stereocenters. The molecule has 18 heavy (non-hydrogen) atoms. The highest BCUT2D eigenvalue weighted by Gasteiger charge is 2.29. The van der Waals surface area contributed by atoms with Crippen molar-refractivity contribution in [2.75, 3.05) is 0 Å². The van der Waals surface area contributed by atoms with E-state index in [0.29, 0.717) is 12.2 Å². The molecule has 2 saturated carbocycles. The summed E-state index contributed by atoms with van der Waals surface area (Å²) in [5.74, 6) is 0.841. The predicted octanol–water partition coefficient (Wildman–Crippen LogP) is 5.50. The number of alkyl halides is 1. The summed E-state index contributed by atoms with van der Waals surface area (Å²) in [5, 5.41) is 0. The van der Waals surface area contributed by atoms with Gasteiger partial charge in [-0.25, -0.2) is 0 Å². The van der Waals surface area contributed by atoms with E-state index in [1.54, 1.807) is 0 Å². The number of rotatable bonds is 3. The molecule has 2 heteroatoms. The molecular formula is C16H29IO. The first-order valence-electron chi connectivity index (χ1n) is 8.10. The highest BCUT2D eigenvalue weighted by Crippen LogP contribution is 2.33. The van der Waals surface area contributed by atoms with Crippen molar-refractivity contribution in [1.29, 1.82) is 0 Å². The van der Waals surface area contributed by atoms with E-state index < -0.39 is 0 Å². The fourth-order valence-corrected chi connectivity index (χ4v) is 4.57. The molecule has 0 radical (unpaired) electrons. The summed E-state index contributed by atoms with van der Waals surface area (Å²) in [5.41, 5.74) is 0. The number of hydrogen-bond donors (Lipinski definition) is 0. The Balaban J connectivity index is 1.88. The molecule has 2 aliphatic rings. The van der Waals surface area contributed by atoms with Crippen LogP contribution in [0.25, 0.3) is 0 Å². The van der Waals surface area contributed by atoms with Crippen molar-refractivity contribution in [1.82, 2.24) is 0 Å². The highest BCUT2D eigenvalue weighted by atomic mass is 127. The third-order valence-electron chi connectivity index (χ3n) is 4.84. The van der Waals surface area contributed by atoms with Crippen LogP contribution in [0.2, 0.25) is 0 Å². The fraction of sp³-hybridized carbons (Fsp3) is 1.00. The van der Waals surface area contributed by atoms with Gasteiger partial charge in [-0.2, -0.15) is 0 Å². The largest absolute Gasteiger partial charge is 0.374 e. The molecule has 0 aromatic rings. The summed E-state index contributed by atoms with van der Waals surface area (Å²) < 4.78 is 7.33. The quantitative estimate of drug-likeness (QED) is 0.475. The molecule has 2 fully saturated rings. The van der Waals surface area contributed by atoms with Crippen molar-refractivity contribution in [2.24, 2.45) is 5.92 Å². The first-order valence-corrected chi connectivity index (χ1v) is 9.35. The Morgan fingerprint density at radius 2 is 1.44 bits per heavy atom. The Hall–Kier alpha value is 0.690. The molecule has 0 aromatic heterocycles. The van der Waals surface area contributed by atoms with Crippen LogP contribution >= 0.6 is 22.6 Å². The zero-order valence-corrected chi connectivity index (χ0v) is 14.0. The van der Waals surface area contributed by atoms with Crippen LogP contribution in [-0.4, -0.2) is 16.1 Å². The van der Waals surface area contributed by atoms with E-state index in [2.05, 4.69) is 29.5 Å². The minimum absolute atomic E-state index is 0.544. The van der Waals surface area contributed by atoms with Crippen molar-refractivity contribution in [2.45, 2.75) is 93.7 Å². The molecule has 1 nitrogen and oxygen atoms in total. The Kier molecular flexibility index (Phi) is 6.77. The first kappa shape index (κ1) is 15.1. The van der Waals surface area contributed by atoms with Crippen molar-refractivity contribution < 1.29 is 4.74 Å². The zero-order chi connectivity index (χ0) is 12.8. The maximum absolute atomic E-state index is 6.58. The second-order valence-electron chi connectivity index (χ2n) is 6.17. The normalized spacial score (nSPS) is 39.0. The Morgan fingerprint density at radius 3 is 2.22 bits per heavy atom. The molecular weight excluding hydrogens is 335 g/mol. The molecule has 2 aliphatic carbocycles. The molecule has 2 rings (SSSR count). The molecule has 0 aliphatic heterocycles. The van der Waals surface area contributed by atoms with E-state index in [1.807, 2.05) is 0 Å². The van der Waals surface area contributed by atoms with Crippen molar-refractivity contribution in [3.05, 3.63) is 0 Å². The van der Waals surface area contributed by atoms with E-state index in [4.69, 9.17) is 4.74 Å². The van der Waals surface area contributed by atoms with E-state index in [9.17, 15) is 0 Å². The van der Waals surface area contributed by atoms with E-state index in [-0.39, 0.29) is 0 Å². The molecule has 0 spiro atoms. The van der Waals surface area contributed by atoms with E-state index >= 15 is 0 Å². The fourth-order valence-electron chi connectivity index (χ4n) is 3.60. The van der Waals surface area contributed by atoms with Gasteiger partial charge in [-0.15, -0.1) is 0 Å². The Labute approximate surface area is 127 Å². The van der Waals surface area contributed by atoms with Crippen LogP contribution < -0.4 is 0 Å². The summed E-state index contributed by atoms with van der Waals surface area (Å²) in [7, 11) is 0. The van der Waals surface area contributed by atoms with Gasteiger partial charge < -0.3 is 4.74 Å². The summed E-state index contributed by atoms with van der Waals surface area (Å²) >= 11 is 2.65. The lowest BCUT2D eigenvalue weighted by Crippen LogP contribution is -2.35. The van der Waals surface area contributed by atoms with Gasteiger partial charge in [0.05, 0.1) is 12.2 Å². The molecule has 0 bridgehead atoms. The third kappa shape index (κ3) is 4.36. The first-order chi connectivity index (χ1) is 8.81. The number of ether oxygens (including phenoxy) is 1. The zero-order valence-electron chi connectivity index (χ0n) is 11.9. The molecule has 106 valence electrons. The summed E-state index contributed by atoms with van der Waals surface area (Å²) in [6.07, 6.45) is 16.3. The van der Waals surface area contributed by atoms with Gasteiger partial charge in [0.2, 0.25) is 0 Å². The van der Waals surface area contributed by atoms with Gasteiger partial charge in [-0.05, 0) is 31.6 Å². The van der Waals surface area contributed by atoms with Crippen LogP contribution in [0, 0.1) is 5.92 Å². The molecule has 4 atom stereocenters. The average molecular weight is 364 g/mol. The SMILES string of the molecule is CCC1CCCCC1OC1CCCCCCC1I. The van der Waals surface area contributed by atoms with Crippen LogP contribution in [0.15, 0.2) is 0 Å². The lowest BCUT2D eigenvalue weighted by atomic mass is 9.84. The van der Waals surface area contributed by atoms with Gasteiger partial charge in [0.25, 0.3) is 0 Å². The third-order valence-corrected chi connectivity index (χ3v) is 6.26. The number of halogens is 1. The molecule has 0 heterocycles. The summed E-state index contributed by atoms with van der Waals surface area (Å²) in [6, 6.07) is 0. The van der Waals surface area contributed by atoms with Gasteiger partial charge in [-0.3, -0.25) is 0 Å². The lowest BCUT2D eigenvalue weighted by Gasteiger charge is -2.36. The molecule has 0 N–H and O–H groups in total. The Morgan fingerprint density at radius 1 is 0.833 bits per heavy atom. The average Bonchev–Trinajstić information content (AvgIpc) is 2.39. The minimum atomic E-state index is 0.544. The van der Waals surface area contributed by atoms with Crippen molar-refractivity contribution in [3.63, 3.8) is 0 Å². The smallest absolute Gasteiger partial charge is 0.0696 e. The van der Waals surface area contributed by atoms with Crippen molar-refractivity contribution in [3.8, 4) is 0 Å². The number of hydrogen-bond acceptors (Lipinski definition) is 1. The second-order valence-corrected chi connectivity index (χ2v) is 7.77. The second kappa shape index (κ2) is 8.08. The minimum Gasteiger partial charge on any atom is -0.374 e. The van der Waals surface area contributed by atoms with Crippen LogP contribution in [0.1, 0.15) is 77.6 Å². The van der Waals surface area contributed by atoms with E-state index in [0.717, 1.165) is 9.84 Å². The maximum atomic E-state index is 6.58. The van der Waals surface area contributed by atoms with Gasteiger partial charge >= 0.3 is 0 Å². The lowest BCUT2D eigenvalue weighted by molar-refractivity contribution is -0.0647. The van der Waals surface area contributed by atoms with Gasteiger partial charge in [0.15, 0.2) is 0 Å². The monoisotopic (exact) mass is 364 g/mol. The van der Waals surface area contributed by atoms with Crippen LogP contribution in [0.5, 0.6) is 0 Å². The van der Waals surface area contributed by atoms with Crippen LogP contribution in [-0.2, 0) is 4.74 Å². The standard InChI is InChI=1S/C16H29IO/c1-2-13-9-7-8-11-15(13)18-16-12-6-4-3-5-10-14(16)17/h13-16H,2-12H2,1H3. The molecule has 0 aromatic carbocycles. The maximum Gasteiger partial charge on any atom is 0.0696 e. The highest BCUT2D eigenvalue weighted by molar-refractivity contribution is 14.1. The topological polar surface area (TPSA) is 9.23 Å². The van der Waals surface area contributed by atoms with E-state index in [1.165, 1.54) is 70.6 Å². The van der Waals surface area contributed by atoms with Crippen LogP contribution in [0.4, 0.5) is 0 Å². The molecule has 0 saturated heterocycles. The van der Waals surface area contributed by atoms with Gasteiger partial charge in [-0.1, -0.05) is 74.5 Å². The van der Waals surface area contributed by atoms with Gasteiger partial charge in [0, 0.05) is 3.92 Å². The predicted molar refractivity (Wildman–Crippen MR) is 86.4 cm³/mol. The Bertz CT molecular complexity index is 231.